The number of aromatic nitrogens is 8. The van der Waals surface area contributed by atoms with Crippen molar-refractivity contribution in [1.29, 1.82) is 0 Å². The maximum absolute atomic E-state index is 9.10. The summed E-state index contributed by atoms with van der Waals surface area (Å²) in [5, 5.41) is 39.1. The van der Waals surface area contributed by atoms with Crippen molar-refractivity contribution in [2.45, 2.75) is 231 Å². The summed E-state index contributed by atoms with van der Waals surface area (Å²) in [4.78, 5) is 42.5. The Kier molecular flexibility index (Phi) is 37.1. The zero-order chi connectivity index (χ0) is 82.4. The Morgan fingerprint density at radius 2 is 0.388 bits per heavy atom. The molecule has 0 unspecified atom stereocenters. The number of hydrogen-bond donors (Lipinski definition) is 4. The van der Waals surface area contributed by atoms with Crippen molar-refractivity contribution in [3.8, 4) is 115 Å². The molecule has 121 heavy (non-hydrogen) atoms. The Bertz CT molecular complexity index is 5100. The second-order valence-corrected chi connectivity index (χ2v) is 31.6. The molecule has 21 heteroatoms. The summed E-state index contributed by atoms with van der Waals surface area (Å²) in [5.74, 6) is 9.25. The topological polar surface area (TPSA) is 260 Å². The van der Waals surface area contributed by atoms with Gasteiger partial charge in [0, 0.05) is 71.3 Å². The van der Waals surface area contributed by atoms with Crippen LogP contribution in [0.2, 0.25) is 0 Å². The van der Waals surface area contributed by atoms with Crippen LogP contribution in [0.25, 0.3) is 89.7 Å². The molecule has 8 bridgehead atoms. The first-order valence-electron chi connectivity index (χ1n) is 44.7. The van der Waals surface area contributed by atoms with Gasteiger partial charge in [-0.05, 0) is 243 Å². The van der Waals surface area contributed by atoms with Crippen LogP contribution in [0.15, 0.2) is 170 Å². The molecule has 634 valence electrons. The van der Waals surface area contributed by atoms with Crippen molar-refractivity contribution in [3.63, 3.8) is 0 Å². The summed E-state index contributed by atoms with van der Waals surface area (Å²) in [6, 6.07) is 54.0. The van der Waals surface area contributed by atoms with Crippen molar-refractivity contribution in [1.82, 2.24) is 39.9 Å². The van der Waals surface area contributed by atoms with Crippen molar-refractivity contribution in [2.75, 3.05) is 52.9 Å². The van der Waals surface area contributed by atoms with E-state index in [1.54, 1.807) is 0 Å². The van der Waals surface area contributed by atoms with E-state index in [-0.39, 0.29) is 45.9 Å². The first-order valence-corrected chi connectivity index (χ1v) is 44.7. The second-order valence-electron chi connectivity index (χ2n) is 31.6. The molecule has 20 nitrogen and oxygen atoms in total. The molecule has 3 aromatic heterocycles. The maximum Gasteiger partial charge on any atom is 2.00 e. The Labute approximate surface area is 725 Å². The number of unbranched alkanes of at least 4 members (excludes halogenated alkanes) is 32. The van der Waals surface area contributed by atoms with E-state index in [9.17, 15) is 0 Å². The average Bonchev–Trinajstić information content (AvgIpc) is 1.60. The summed E-state index contributed by atoms with van der Waals surface area (Å²) in [5.41, 5.74) is 4.13. The minimum Gasteiger partial charge on any atom is -0.494 e. The molecule has 0 atom stereocenters. The van der Waals surface area contributed by atoms with Crippen molar-refractivity contribution < 1.29 is 77.8 Å². The van der Waals surface area contributed by atoms with Crippen LogP contribution in [0.1, 0.15) is 231 Å². The van der Waals surface area contributed by atoms with E-state index in [1.165, 1.54) is 128 Å². The second kappa shape index (κ2) is 49.8. The van der Waals surface area contributed by atoms with Gasteiger partial charge in [0.1, 0.15) is 69.0 Å². The molecule has 2 aliphatic heterocycles. The largest absolute Gasteiger partial charge is 2.00 e. The summed E-state index contributed by atoms with van der Waals surface area (Å²) in [7, 11) is 0. The standard InChI is InChI=1S/C100H120N8O12.Zn/c109-61-29-21-13-5-1-9-17-25-33-65-113-73-37-45-77(46-38-73)117-81-53-57-85-89(69-81)97-102-93(85)101-94-86-58-54-82(118-78-47-39-74(40-48-78)114-66-34-26-18-10-2-6-14-22-30-62-110)70-90(86)98(103-94)105-96-88-60-56-84(120-80-51-43-76(44-52-80)116-68-36-28-20-12-4-8-16-24-32-64-112)72-92(88)100(107-96)108-99-91-71-83(55-59-87(91)95(104-97)106-99)119-79-49-41-75(42-50-79)115-67-35-27-19-11-3-7-15-23-31-63-111;/h37-60,69-72,109-112H,1-36,61-68H2;/q-2;+2. The van der Waals surface area contributed by atoms with Crippen LogP contribution in [-0.4, -0.2) is 103 Å². The number of rotatable bonds is 56. The zero-order valence-corrected chi connectivity index (χ0v) is 73.6. The third kappa shape index (κ3) is 28.0. The van der Waals surface area contributed by atoms with E-state index in [1.807, 2.05) is 170 Å². The molecule has 8 aromatic carbocycles. The predicted octanol–water partition coefficient (Wildman–Crippen LogP) is 24.8. The minimum atomic E-state index is 0. The first kappa shape index (κ1) is 90.2. The molecule has 0 spiro atoms. The smallest absolute Gasteiger partial charge is 0.494 e. The zero-order valence-electron chi connectivity index (χ0n) is 70.6. The number of ether oxygens (including phenoxy) is 8. The van der Waals surface area contributed by atoms with Gasteiger partial charge in [0.25, 0.3) is 0 Å². The Hall–Kier alpha value is -10.0. The molecule has 0 saturated heterocycles. The summed E-state index contributed by atoms with van der Waals surface area (Å²) in [6.07, 6.45) is 40.6. The molecule has 11 aromatic rings. The van der Waals surface area contributed by atoms with Gasteiger partial charge in [-0.3, -0.25) is 0 Å². The van der Waals surface area contributed by atoms with Crippen LogP contribution in [-0.2, 0) is 19.5 Å². The van der Waals surface area contributed by atoms with Gasteiger partial charge in [0.15, 0.2) is 0 Å². The molecule has 2 aliphatic rings. The molecular formula is C100H120N8O12Zn. The first-order chi connectivity index (χ1) is 59.3. The number of aliphatic hydroxyl groups is 4. The molecule has 13 rings (SSSR count). The maximum atomic E-state index is 9.10. The van der Waals surface area contributed by atoms with Crippen LogP contribution < -0.4 is 47.9 Å². The number of nitrogens with zero attached hydrogens (tertiary/aromatic N) is 8. The van der Waals surface area contributed by atoms with Gasteiger partial charge < -0.3 is 88.2 Å². The van der Waals surface area contributed by atoms with Gasteiger partial charge in [0.2, 0.25) is 0 Å². The van der Waals surface area contributed by atoms with Gasteiger partial charge >= 0.3 is 19.5 Å². The van der Waals surface area contributed by atoms with Crippen LogP contribution in [0.5, 0.6) is 69.0 Å². The predicted molar refractivity (Wildman–Crippen MR) is 477 cm³/mol. The Morgan fingerprint density at radius 3 is 0.645 bits per heavy atom. The van der Waals surface area contributed by atoms with Gasteiger partial charge in [0.05, 0.1) is 49.7 Å². The molecule has 5 heterocycles. The van der Waals surface area contributed by atoms with Gasteiger partial charge in [-0.25, -0.2) is 9.97 Å². The Morgan fingerprint density at radius 1 is 0.190 bits per heavy atom. The molecule has 0 aliphatic carbocycles. The van der Waals surface area contributed by atoms with Crippen molar-refractivity contribution in [2.24, 2.45) is 0 Å². The van der Waals surface area contributed by atoms with E-state index < -0.39 is 0 Å². The van der Waals surface area contributed by atoms with E-state index in [0.717, 1.165) is 126 Å². The summed E-state index contributed by atoms with van der Waals surface area (Å²) < 4.78 is 51.3. The van der Waals surface area contributed by atoms with E-state index >= 15 is 0 Å². The molecule has 4 N–H and O–H groups in total. The van der Waals surface area contributed by atoms with Gasteiger partial charge in [-0.15, -0.1) is 0 Å². The van der Waals surface area contributed by atoms with Gasteiger partial charge in [-0.2, -0.15) is 0 Å². The average molecular weight is 1690 g/mol. The fourth-order valence-electron chi connectivity index (χ4n) is 15.4. The summed E-state index contributed by atoms with van der Waals surface area (Å²) in [6.45, 7) is 3.68. The van der Waals surface area contributed by atoms with Crippen LogP contribution in [0, 0.1) is 0 Å². The number of fused-ring (bicyclic) bond motifs is 20. The van der Waals surface area contributed by atoms with Crippen molar-refractivity contribution >= 4 is 44.1 Å². The normalized spacial score (nSPS) is 11.5. The third-order valence-corrected chi connectivity index (χ3v) is 22.1. The molecule has 0 amide bonds. The molecule has 0 fully saturated rings. The van der Waals surface area contributed by atoms with Crippen LogP contribution >= 0.6 is 0 Å². The number of aliphatic hydroxyl groups excluding tert-OH is 4. The quantitative estimate of drug-likeness (QED) is 0.0204. The summed E-state index contributed by atoms with van der Waals surface area (Å²) >= 11 is 0. The molecule has 0 saturated carbocycles. The number of hydrogen-bond acceptors (Lipinski definition) is 18. The van der Waals surface area contributed by atoms with Crippen LogP contribution in [0.3, 0.4) is 0 Å². The fourth-order valence-corrected chi connectivity index (χ4v) is 15.4. The molecule has 0 radical (unpaired) electrons. The van der Waals surface area contributed by atoms with Crippen molar-refractivity contribution in [3.05, 3.63) is 170 Å². The van der Waals surface area contributed by atoms with E-state index in [0.29, 0.717) is 162 Å². The third-order valence-electron chi connectivity index (χ3n) is 22.1. The monoisotopic (exact) mass is 1690 g/mol. The fraction of sp³-hybridized carbons (Fsp3) is 0.440. The SMILES string of the molecule is OCCCCCCCCCCCOc1ccc(Oc2ccc3c(c2)-c2nc-3nc3[n-]c(nc4nc(nc5[n-]c(n2)c2ccc(Oc6ccc(OCCCCCCCCCCCO)cc6)cc52)-c2cc(Oc5ccc(OCCCCCCCCCCCO)cc5)ccc2-4)c2cc(Oc4ccc(OCCCCCCCCCCCO)cc4)ccc32)cc1.[Zn+2]. The van der Waals surface area contributed by atoms with E-state index in [2.05, 4.69) is 0 Å². The Balaban J connectivity index is 0.0000134. The molecular weight excluding hydrogens is 1570 g/mol. The van der Waals surface area contributed by atoms with Crippen LogP contribution in [0.4, 0.5) is 0 Å². The minimum absolute atomic E-state index is 0. The van der Waals surface area contributed by atoms with E-state index in [4.69, 9.17) is 98.2 Å². The van der Waals surface area contributed by atoms with Gasteiger partial charge in [-0.1, -0.05) is 180 Å². The number of benzene rings is 8.